The molecule has 0 rings (SSSR count). The monoisotopic (exact) mass is 1140 g/mol. The summed E-state index contributed by atoms with van der Waals surface area (Å²) in [5, 5.41) is 0. The lowest BCUT2D eigenvalue weighted by atomic mass is 10.0. The van der Waals surface area contributed by atoms with Crippen LogP contribution in [-0.4, -0.2) is 37.2 Å². The number of carbonyl (C=O) groups excluding carboxylic acids is 3. The molecule has 0 amide bonds. The Morgan fingerprint density at radius 3 is 0.843 bits per heavy atom. The first-order valence-electron chi connectivity index (χ1n) is 34.0. The molecule has 0 aromatic rings. The van der Waals surface area contributed by atoms with Crippen LogP contribution in [0.1, 0.15) is 290 Å². The molecule has 0 aliphatic carbocycles. The van der Waals surface area contributed by atoms with E-state index in [2.05, 4.69) is 167 Å². The SMILES string of the molecule is CC/C=C\C/C=C\C/C=C\C/C=C\C/C=C\C/C=C\C/C=C\C/C=C\CCCCCCCCC(=O)OCC(COC(=O)C/C=C\C/C=C\C/C=C\C/C=C\C/C=C\CC)OC(=O)CCCCCCCCCCCCCCCCCCCCC. The van der Waals surface area contributed by atoms with E-state index in [0.29, 0.717) is 12.8 Å². The third kappa shape index (κ3) is 67.7. The van der Waals surface area contributed by atoms with Gasteiger partial charge in [0.1, 0.15) is 13.2 Å². The van der Waals surface area contributed by atoms with Crippen molar-refractivity contribution >= 4 is 17.9 Å². The molecule has 0 heterocycles. The van der Waals surface area contributed by atoms with Crippen LogP contribution < -0.4 is 0 Å². The van der Waals surface area contributed by atoms with Gasteiger partial charge in [-0.2, -0.15) is 0 Å². The van der Waals surface area contributed by atoms with Crippen molar-refractivity contribution in [2.45, 2.75) is 297 Å². The first kappa shape index (κ1) is 78.0. The highest BCUT2D eigenvalue weighted by molar-refractivity contribution is 5.72. The van der Waals surface area contributed by atoms with Gasteiger partial charge in [0.15, 0.2) is 6.10 Å². The van der Waals surface area contributed by atoms with Crippen LogP contribution in [0.15, 0.2) is 158 Å². The van der Waals surface area contributed by atoms with Crippen LogP contribution >= 0.6 is 0 Å². The van der Waals surface area contributed by atoms with Crippen LogP contribution in [0.5, 0.6) is 0 Å². The minimum absolute atomic E-state index is 0.120. The van der Waals surface area contributed by atoms with Crippen LogP contribution in [0.4, 0.5) is 0 Å². The van der Waals surface area contributed by atoms with Gasteiger partial charge in [-0.25, -0.2) is 0 Å². The molecule has 0 N–H and O–H groups in total. The second-order valence-corrected chi connectivity index (χ2v) is 22.0. The van der Waals surface area contributed by atoms with Gasteiger partial charge in [0, 0.05) is 12.8 Å². The summed E-state index contributed by atoms with van der Waals surface area (Å²) in [5.74, 6) is -1.06. The smallest absolute Gasteiger partial charge is 0.309 e. The maximum absolute atomic E-state index is 12.9. The Morgan fingerprint density at radius 1 is 0.265 bits per heavy atom. The van der Waals surface area contributed by atoms with E-state index in [0.717, 1.165) is 135 Å². The number of rotatable bonds is 60. The average Bonchev–Trinajstić information content (AvgIpc) is 3.49. The van der Waals surface area contributed by atoms with Crippen molar-refractivity contribution in [3.8, 4) is 0 Å². The molecular formula is C77H124O6. The minimum Gasteiger partial charge on any atom is -0.462 e. The normalized spacial score (nSPS) is 13.1. The van der Waals surface area contributed by atoms with E-state index in [1.54, 1.807) is 6.08 Å². The molecule has 0 fully saturated rings. The molecule has 468 valence electrons. The van der Waals surface area contributed by atoms with E-state index < -0.39 is 12.1 Å². The van der Waals surface area contributed by atoms with Gasteiger partial charge in [0.2, 0.25) is 0 Å². The molecule has 0 aromatic carbocycles. The number of hydrogen-bond donors (Lipinski definition) is 0. The Kier molecular flexibility index (Phi) is 65.4. The Labute approximate surface area is 511 Å². The number of unbranched alkanes of at least 4 members (excludes halogenated alkanes) is 24. The lowest BCUT2D eigenvalue weighted by Gasteiger charge is -2.18. The lowest BCUT2D eigenvalue weighted by molar-refractivity contribution is -0.166. The summed E-state index contributed by atoms with van der Waals surface area (Å²) in [4.78, 5) is 38.3. The summed E-state index contributed by atoms with van der Waals surface area (Å²) in [6, 6.07) is 0. The van der Waals surface area contributed by atoms with Crippen molar-refractivity contribution in [3.63, 3.8) is 0 Å². The topological polar surface area (TPSA) is 78.9 Å². The van der Waals surface area contributed by atoms with Crippen LogP contribution in [-0.2, 0) is 28.6 Å². The Bertz CT molecular complexity index is 1840. The highest BCUT2D eigenvalue weighted by Crippen LogP contribution is 2.16. The quantitative estimate of drug-likeness (QED) is 0.0261. The molecule has 0 saturated heterocycles. The fraction of sp³-hybridized carbons (Fsp3) is 0.623. The van der Waals surface area contributed by atoms with E-state index >= 15 is 0 Å². The number of hydrogen-bond acceptors (Lipinski definition) is 6. The van der Waals surface area contributed by atoms with Crippen molar-refractivity contribution in [2.24, 2.45) is 0 Å². The fourth-order valence-corrected chi connectivity index (χ4v) is 9.06. The third-order valence-corrected chi connectivity index (χ3v) is 14.1. The first-order chi connectivity index (χ1) is 41.0. The summed E-state index contributed by atoms with van der Waals surface area (Å²) >= 11 is 0. The summed E-state index contributed by atoms with van der Waals surface area (Å²) in [5.41, 5.74) is 0. The summed E-state index contributed by atoms with van der Waals surface area (Å²) in [6.07, 6.45) is 101. The molecule has 1 atom stereocenters. The van der Waals surface area contributed by atoms with Gasteiger partial charge in [0.05, 0.1) is 6.42 Å². The molecule has 6 nitrogen and oxygen atoms in total. The predicted octanol–water partition coefficient (Wildman–Crippen LogP) is 23.7. The Balaban J connectivity index is 4.43. The zero-order valence-corrected chi connectivity index (χ0v) is 53.7. The van der Waals surface area contributed by atoms with Gasteiger partial charge >= 0.3 is 17.9 Å². The largest absolute Gasteiger partial charge is 0.462 e. The van der Waals surface area contributed by atoms with E-state index in [4.69, 9.17) is 14.2 Å². The third-order valence-electron chi connectivity index (χ3n) is 14.1. The van der Waals surface area contributed by atoms with Crippen molar-refractivity contribution < 1.29 is 28.6 Å². The highest BCUT2D eigenvalue weighted by atomic mass is 16.6. The maximum Gasteiger partial charge on any atom is 0.309 e. The average molecular weight is 1150 g/mol. The Hall–Kier alpha value is -4.97. The van der Waals surface area contributed by atoms with Crippen LogP contribution in [0.3, 0.4) is 0 Å². The molecule has 83 heavy (non-hydrogen) atoms. The minimum atomic E-state index is -0.831. The van der Waals surface area contributed by atoms with Crippen LogP contribution in [0.25, 0.3) is 0 Å². The predicted molar refractivity (Wildman–Crippen MR) is 362 cm³/mol. The molecule has 0 spiro atoms. The zero-order chi connectivity index (χ0) is 59.9. The number of esters is 3. The lowest BCUT2D eigenvalue weighted by Crippen LogP contribution is -2.30. The summed E-state index contributed by atoms with van der Waals surface area (Å²) < 4.78 is 16.8. The van der Waals surface area contributed by atoms with Gasteiger partial charge in [-0.3, -0.25) is 14.4 Å². The van der Waals surface area contributed by atoms with Gasteiger partial charge in [-0.15, -0.1) is 0 Å². The molecule has 0 saturated carbocycles. The molecule has 0 aliphatic rings. The maximum atomic E-state index is 12.9. The van der Waals surface area contributed by atoms with E-state index in [9.17, 15) is 14.4 Å². The van der Waals surface area contributed by atoms with E-state index in [-0.39, 0.29) is 31.6 Å². The van der Waals surface area contributed by atoms with Gasteiger partial charge in [-0.1, -0.05) is 320 Å². The zero-order valence-electron chi connectivity index (χ0n) is 53.7. The second-order valence-electron chi connectivity index (χ2n) is 22.0. The van der Waals surface area contributed by atoms with Gasteiger partial charge in [-0.05, 0) is 109 Å². The fourth-order valence-electron chi connectivity index (χ4n) is 9.06. The first-order valence-corrected chi connectivity index (χ1v) is 34.0. The molecular weight excluding hydrogens is 1020 g/mol. The van der Waals surface area contributed by atoms with Crippen molar-refractivity contribution in [1.29, 1.82) is 0 Å². The molecule has 0 aliphatic heterocycles. The van der Waals surface area contributed by atoms with Crippen molar-refractivity contribution in [3.05, 3.63) is 158 Å². The van der Waals surface area contributed by atoms with Crippen LogP contribution in [0, 0.1) is 0 Å². The summed E-state index contributed by atoms with van der Waals surface area (Å²) in [7, 11) is 0. The standard InChI is InChI=1S/C77H124O6/c1-4-7-10-13-16-19-22-25-28-30-32-33-34-35-36-37-38-39-40-41-42-43-45-46-49-52-55-58-61-64-67-70-76(79)82-73-74(72-81-75(78)69-66-63-60-57-54-51-48-27-24-21-18-15-12-9-6-3)83-77(80)71-68-65-62-59-56-53-50-47-44-31-29-26-23-20-17-14-11-8-5-2/h7,9-10,12,16,18-19,21,25,27-28,32-33,35-36,38-39,41-42,45-46,48,54,57,63,66,74H,4-6,8,11,13-15,17,20,22-24,26,29-31,34,37,40,43-44,47,49-53,55-56,58-62,64-65,67-73H2,1-3H3/b10-7-,12-9-,19-16-,21-18-,28-25-,33-32-,36-35-,39-38-,42-41-,46-45-,48-27-,57-54-,66-63-. The van der Waals surface area contributed by atoms with Crippen molar-refractivity contribution in [2.75, 3.05) is 13.2 Å². The summed E-state index contributed by atoms with van der Waals surface area (Å²) in [6.45, 7) is 6.33. The van der Waals surface area contributed by atoms with Crippen molar-refractivity contribution in [1.82, 2.24) is 0 Å². The molecule has 0 aromatic heterocycles. The number of carbonyl (C=O) groups is 3. The highest BCUT2D eigenvalue weighted by Gasteiger charge is 2.19. The molecule has 0 radical (unpaired) electrons. The van der Waals surface area contributed by atoms with Gasteiger partial charge < -0.3 is 14.2 Å². The van der Waals surface area contributed by atoms with E-state index in [1.807, 2.05) is 6.08 Å². The molecule has 0 bridgehead atoms. The van der Waals surface area contributed by atoms with E-state index in [1.165, 1.54) is 116 Å². The van der Waals surface area contributed by atoms with Crippen LogP contribution in [0.2, 0.25) is 0 Å². The Morgan fingerprint density at radius 2 is 0.518 bits per heavy atom. The number of ether oxygens (including phenoxy) is 3. The number of allylic oxidation sites excluding steroid dienone is 25. The molecule has 1 unspecified atom stereocenters. The van der Waals surface area contributed by atoms with Gasteiger partial charge in [0.25, 0.3) is 0 Å². The second kappa shape index (κ2) is 69.5. The molecule has 6 heteroatoms.